The Kier molecular flexibility index (Phi) is 11.8. The molecule has 0 radical (unpaired) electrons. The van der Waals surface area contributed by atoms with E-state index in [4.69, 9.17) is 0 Å². The van der Waals surface area contributed by atoms with Gasteiger partial charge in [0.1, 0.15) is 5.82 Å². The van der Waals surface area contributed by atoms with Crippen LogP contribution in [0.1, 0.15) is 40.0 Å². The first-order valence-electron chi connectivity index (χ1n) is 8.85. The molecule has 0 saturated carbocycles. The molecule has 0 spiro atoms. The van der Waals surface area contributed by atoms with Gasteiger partial charge < -0.3 is 15.5 Å². The SMILES string of the molecule is CCN(CC)c1ccc(NC(=O)CC(C)C2CCCNC2)cn1.Cl.Cl. The van der Waals surface area contributed by atoms with Gasteiger partial charge in [0.15, 0.2) is 0 Å². The van der Waals surface area contributed by atoms with Crippen molar-refractivity contribution in [2.24, 2.45) is 11.8 Å². The average molecular weight is 391 g/mol. The fraction of sp³-hybridized carbons (Fsp3) is 0.667. The Morgan fingerprint density at radius 1 is 1.36 bits per heavy atom. The van der Waals surface area contributed by atoms with Crippen molar-refractivity contribution >= 4 is 42.2 Å². The number of hydrogen-bond acceptors (Lipinski definition) is 4. The van der Waals surface area contributed by atoms with Gasteiger partial charge >= 0.3 is 0 Å². The zero-order valence-electron chi connectivity index (χ0n) is 15.5. The number of nitrogens with zero attached hydrogens (tertiary/aromatic N) is 2. The van der Waals surface area contributed by atoms with Gasteiger partial charge in [-0.2, -0.15) is 0 Å². The number of carbonyl (C=O) groups is 1. The van der Waals surface area contributed by atoms with Crippen LogP contribution in [-0.4, -0.2) is 37.1 Å². The molecular weight excluding hydrogens is 359 g/mol. The lowest BCUT2D eigenvalue weighted by atomic mass is 9.85. The molecule has 0 aromatic carbocycles. The summed E-state index contributed by atoms with van der Waals surface area (Å²) in [6.45, 7) is 10.4. The molecule has 1 aliphatic rings. The Morgan fingerprint density at radius 3 is 2.60 bits per heavy atom. The van der Waals surface area contributed by atoms with Gasteiger partial charge in [-0.1, -0.05) is 6.92 Å². The first-order chi connectivity index (χ1) is 11.1. The highest BCUT2D eigenvalue weighted by Gasteiger charge is 2.22. The number of halogens is 2. The van der Waals surface area contributed by atoms with Crippen LogP contribution in [-0.2, 0) is 4.79 Å². The standard InChI is InChI=1S/C18H30N4O.2ClH/c1-4-22(5-2)17-9-8-16(13-20-17)21-18(23)11-14(3)15-7-6-10-19-12-15;;/h8-9,13-15,19H,4-7,10-12H2,1-3H3,(H,21,23);2*1H. The largest absolute Gasteiger partial charge is 0.357 e. The molecule has 1 aromatic rings. The van der Waals surface area contributed by atoms with Crippen molar-refractivity contribution in [3.05, 3.63) is 18.3 Å². The van der Waals surface area contributed by atoms with Gasteiger partial charge in [0.2, 0.25) is 5.91 Å². The first kappa shape index (κ1) is 24.0. The number of hydrogen-bond donors (Lipinski definition) is 2. The molecule has 2 rings (SSSR count). The van der Waals surface area contributed by atoms with Crippen molar-refractivity contribution in [3.8, 4) is 0 Å². The van der Waals surface area contributed by atoms with Gasteiger partial charge in [-0.05, 0) is 63.7 Å². The Labute approximate surface area is 164 Å². The first-order valence-corrected chi connectivity index (χ1v) is 8.85. The molecule has 25 heavy (non-hydrogen) atoms. The number of carbonyl (C=O) groups excluding carboxylic acids is 1. The minimum absolute atomic E-state index is 0. The zero-order valence-corrected chi connectivity index (χ0v) is 17.1. The monoisotopic (exact) mass is 390 g/mol. The summed E-state index contributed by atoms with van der Waals surface area (Å²) in [5, 5.41) is 6.39. The summed E-state index contributed by atoms with van der Waals surface area (Å²) in [5.74, 6) is 2.05. The third-order valence-corrected chi connectivity index (χ3v) is 4.77. The smallest absolute Gasteiger partial charge is 0.224 e. The van der Waals surface area contributed by atoms with Gasteiger partial charge in [-0.25, -0.2) is 4.98 Å². The summed E-state index contributed by atoms with van der Waals surface area (Å²) >= 11 is 0. The maximum atomic E-state index is 12.2. The molecule has 144 valence electrons. The van der Waals surface area contributed by atoms with E-state index in [1.54, 1.807) is 6.20 Å². The summed E-state index contributed by atoms with van der Waals surface area (Å²) in [6, 6.07) is 3.91. The van der Waals surface area contributed by atoms with Crippen molar-refractivity contribution in [2.75, 3.05) is 36.4 Å². The van der Waals surface area contributed by atoms with Crippen molar-refractivity contribution in [1.29, 1.82) is 0 Å². The van der Waals surface area contributed by atoms with E-state index in [9.17, 15) is 4.79 Å². The Hall–Kier alpha value is -1.04. The summed E-state index contributed by atoms with van der Waals surface area (Å²) < 4.78 is 0. The number of nitrogens with one attached hydrogen (secondary N) is 2. The van der Waals surface area contributed by atoms with E-state index in [1.807, 2.05) is 12.1 Å². The van der Waals surface area contributed by atoms with Gasteiger partial charge in [0.25, 0.3) is 0 Å². The highest BCUT2D eigenvalue weighted by molar-refractivity contribution is 5.90. The molecule has 1 fully saturated rings. The molecule has 2 atom stereocenters. The average Bonchev–Trinajstić information content (AvgIpc) is 2.58. The minimum Gasteiger partial charge on any atom is -0.357 e. The van der Waals surface area contributed by atoms with E-state index in [2.05, 4.69) is 41.3 Å². The van der Waals surface area contributed by atoms with Crippen LogP contribution in [0.3, 0.4) is 0 Å². The van der Waals surface area contributed by atoms with E-state index in [0.29, 0.717) is 18.3 Å². The lowest BCUT2D eigenvalue weighted by Gasteiger charge is -2.28. The van der Waals surface area contributed by atoms with Crippen molar-refractivity contribution in [1.82, 2.24) is 10.3 Å². The number of anilines is 2. The maximum Gasteiger partial charge on any atom is 0.224 e. The fourth-order valence-corrected chi connectivity index (χ4v) is 3.23. The van der Waals surface area contributed by atoms with E-state index in [1.165, 1.54) is 12.8 Å². The number of pyridine rings is 1. The second-order valence-electron chi connectivity index (χ2n) is 6.41. The summed E-state index contributed by atoms with van der Waals surface area (Å²) in [6.07, 6.45) is 4.76. The molecule has 1 aromatic heterocycles. The summed E-state index contributed by atoms with van der Waals surface area (Å²) in [7, 11) is 0. The normalized spacial score (nSPS) is 17.6. The molecule has 1 amide bonds. The predicted molar refractivity (Wildman–Crippen MR) is 110 cm³/mol. The van der Waals surface area contributed by atoms with E-state index < -0.39 is 0 Å². The highest BCUT2D eigenvalue weighted by Crippen LogP contribution is 2.23. The van der Waals surface area contributed by atoms with E-state index in [-0.39, 0.29) is 30.7 Å². The van der Waals surface area contributed by atoms with Crippen LogP contribution < -0.4 is 15.5 Å². The van der Waals surface area contributed by atoms with Crippen LogP contribution in [0.4, 0.5) is 11.5 Å². The Morgan fingerprint density at radius 2 is 2.08 bits per heavy atom. The molecule has 5 nitrogen and oxygen atoms in total. The number of rotatable bonds is 7. The van der Waals surface area contributed by atoms with Crippen molar-refractivity contribution in [3.63, 3.8) is 0 Å². The highest BCUT2D eigenvalue weighted by atomic mass is 35.5. The van der Waals surface area contributed by atoms with Crippen LogP contribution >= 0.6 is 24.8 Å². The predicted octanol–water partition coefficient (Wildman–Crippen LogP) is 3.74. The summed E-state index contributed by atoms with van der Waals surface area (Å²) in [4.78, 5) is 18.9. The Balaban J connectivity index is 0.00000288. The van der Waals surface area contributed by atoms with Crippen LogP contribution in [0, 0.1) is 11.8 Å². The molecule has 1 saturated heterocycles. The Bertz CT molecular complexity index is 488. The fourth-order valence-electron chi connectivity index (χ4n) is 3.23. The van der Waals surface area contributed by atoms with Crippen LogP contribution in [0.5, 0.6) is 0 Å². The minimum atomic E-state index is 0. The van der Waals surface area contributed by atoms with Crippen molar-refractivity contribution < 1.29 is 4.79 Å². The number of aromatic nitrogens is 1. The molecule has 1 aliphatic heterocycles. The lowest BCUT2D eigenvalue weighted by molar-refractivity contribution is -0.117. The van der Waals surface area contributed by atoms with Gasteiger partial charge in [0, 0.05) is 19.5 Å². The maximum absolute atomic E-state index is 12.2. The molecule has 2 N–H and O–H groups in total. The van der Waals surface area contributed by atoms with Gasteiger partial charge in [-0.15, -0.1) is 24.8 Å². The number of piperidine rings is 1. The third kappa shape index (κ3) is 7.38. The van der Waals surface area contributed by atoms with Gasteiger partial charge in [-0.3, -0.25) is 4.79 Å². The van der Waals surface area contributed by atoms with Gasteiger partial charge in [0.05, 0.1) is 11.9 Å². The third-order valence-electron chi connectivity index (χ3n) is 4.77. The zero-order chi connectivity index (χ0) is 16.7. The second kappa shape index (κ2) is 12.3. The molecule has 0 aliphatic carbocycles. The van der Waals surface area contributed by atoms with Crippen LogP contribution in [0.15, 0.2) is 18.3 Å². The lowest BCUT2D eigenvalue weighted by Crippen LogP contribution is -2.34. The van der Waals surface area contributed by atoms with Crippen molar-refractivity contribution in [2.45, 2.75) is 40.0 Å². The molecular formula is C18H32Cl2N4O. The molecule has 2 unspecified atom stereocenters. The quantitative estimate of drug-likeness (QED) is 0.744. The topological polar surface area (TPSA) is 57.3 Å². The molecule has 7 heteroatoms. The second-order valence-corrected chi connectivity index (χ2v) is 6.41. The summed E-state index contributed by atoms with van der Waals surface area (Å²) in [5.41, 5.74) is 0.778. The van der Waals surface area contributed by atoms with E-state index >= 15 is 0 Å². The number of amides is 1. The van der Waals surface area contributed by atoms with Crippen LogP contribution in [0.25, 0.3) is 0 Å². The van der Waals surface area contributed by atoms with E-state index in [0.717, 1.165) is 37.7 Å². The molecule has 0 bridgehead atoms. The van der Waals surface area contributed by atoms with Crippen LogP contribution in [0.2, 0.25) is 0 Å². The molecule has 2 heterocycles.